The number of hydrogen-bond donors (Lipinski definition) is 0. The molecule has 0 saturated heterocycles. The van der Waals surface area contributed by atoms with E-state index < -0.39 is 0 Å². The first-order valence-corrected chi connectivity index (χ1v) is 9.45. The maximum Gasteiger partial charge on any atom is -0.0105 e. The van der Waals surface area contributed by atoms with Crippen LogP contribution in [0.25, 0.3) is 33.4 Å². The van der Waals surface area contributed by atoms with Gasteiger partial charge >= 0.3 is 0 Å². The minimum atomic E-state index is 1.25. The zero-order chi connectivity index (χ0) is 18.8. The third-order valence-corrected chi connectivity index (χ3v) is 5.02. The molecule has 27 heavy (non-hydrogen) atoms. The Kier molecular flexibility index (Phi) is 4.64. The zero-order valence-electron chi connectivity index (χ0n) is 16.2. The van der Waals surface area contributed by atoms with Crippen molar-refractivity contribution in [1.29, 1.82) is 0 Å². The first-order valence-electron chi connectivity index (χ1n) is 9.45. The highest BCUT2D eigenvalue weighted by Gasteiger charge is 2.09. The molecule has 0 bridgehead atoms. The van der Waals surface area contributed by atoms with Crippen LogP contribution in [0.4, 0.5) is 0 Å². The highest BCUT2D eigenvalue weighted by atomic mass is 14.1. The van der Waals surface area contributed by atoms with E-state index in [2.05, 4.69) is 112 Å². The van der Waals surface area contributed by atoms with Crippen molar-refractivity contribution in [2.45, 2.75) is 20.8 Å². The van der Waals surface area contributed by atoms with Crippen LogP contribution < -0.4 is 0 Å². The third-order valence-electron chi connectivity index (χ3n) is 5.02. The average molecular weight is 348 g/mol. The van der Waals surface area contributed by atoms with Crippen molar-refractivity contribution >= 4 is 0 Å². The van der Waals surface area contributed by atoms with Gasteiger partial charge in [-0.25, -0.2) is 0 Å². The van der Waals surface area contributed by atoms with Gasteiger partial charge in [-0.3, -0.25) is 0 Å². The molecule has 0 radical (unpaired) electrons. The topological polar surface area (TPSA) is 0 Å². The Balaban J connectivity index is 1.83. The van der Waals surface area contributed by atoms with Crippen LogP contribution in [0.5, 0.6) is 0 Å². The molecule has 0 N–H and O–H groups in total. The van der Waals surface area contributed by atoms with Crippen LogP contribution in [0, 0.1) is 20.8 Å². The predicted octanol–water partition coefficient (Wildman–Crippen LogP) is 7.61. The summed E-state index contributed by atoms with van der Waals surface area (Å²) >= 11 is 0. The van der Waals surface area contributed by atoms with Gasteiger partial charge in [-0.2, -0.15) is 0 Å². The van der Waals surface area contributed by atoms with Gasteiger partial charge < -0.3 is 0 Å². The Morgan fingerprint density at radius 2 is 0.963 bits per heavy atom. The van der Waals surface area contributed by atoms with E-state index in [-0.39, 0.29) is 0 Å². The molecule has 132 valence electrons. The van der Waals surface area contributed by atoms with E-state index in [0.717, 1.165) is 0 Å². The second-order valence-corrected chi connectivity index (χ2v) is 7.37. The molecule has 4 rings (SSSR count). The molecule has 4 aromatic carbocycles. The lowest BCUT2D eigenvalue weighted by atomic mass is 9.91. The van der Waals surface area contributed by atoms with Gasteiger partial charge in [-0.1, -0.05) is 102 Å². The smallest absolute Gasteiger partial charge is 0.0105 e. The van der Waals surface area contributed by atoms with E-state index in [1.165, 1.54) is 50.1 Å². The largest absolute Gasteiger partial charge is 0.0616 e. The van der Waals surface area contributed by atoms with Gasteiger partial charge in [0.1, 0.15) is 0 Å². The second kappa shape index (κ2) is 7.25. The number of hydrogen-bond acceptors (Lipinski definition) is 0. The van der Waals surface area contributed by atoms with Crippen molar-refractivity contribution in [2.75, 3.05) is 0 Å². The molecule has 0 heteroatoms. The average Bonchev–Trinajstić information content (AvgIpc) is 2.68. The van der Waals surface area contributed by atoms with E-state index in [0.29, 0.717) is 0 Å². The SMILES string of the molecule is Cc1ccc(-c2cccc(-c3ccccc3-c3cc(C)cc(C)c3)c2)cc1. The zero-order valence-corrected chi connectivity index (χ0v) is 16.2. The molecule has 0 spiro atoms. The van der Waals surface area contributed by atoms with E-state index in [4.69, 9.17) is 0 Å². The van der Waals surface area contributed by atoms with E-state index >= 15 is 0 Å². The van der Waals surface area contributed by atoms with Gasteiger partial charge in [-0.15, -0.1) is 0 Å². The van der Waals surface area contributed by atoms with E-state index in [1.807, 2.05) is 0 Å². The van der Waals surface area contributed by atoms with Crippen LogP contribution in [0.1, 0.15) is 16.7 Å². The molecule has 0 saturated carbocycles. The standard InChI is InChI=1S/C27H24/c1-19-11-13-22(14-12-19)23-7-6-8-24(18-23)26-9-4-5-10-27(26)25-16-20(2)15-21(3)17-25/h4-18H,1-3H3. The monoisotopic (exact) mass is 348 g/mol. The first-order chi connectivity index (χ1) is 13.1. The number of rotatable bonds is 3. The quantitative estimate of drug-likeness (QED) is 0.357. The molecule has 4 aromatic rings. The molecular weight excluding hydrogens is 324 g/mol. The van der Waals surface area contributed by atoms with Crippen molar-refractivity contribution in [3.63, 3.8) is 0 Å². The van der Waals surface area contributed by atoms with Crippen LogP contribution in [0.15, 0.2) is 91.0 Å². The lowest BCUT2D eigenvalue weighted by Gasteiger charge is -2.13. The van der Waals surface area contributed by atoms with Crippen molar-refractivity contribution in [1.82, 2.24) is 0 Å². The van der Waals surface area contributed by atoms with Crippen molar-refractivity contribution in [3.05, 3.63) is 108 Å². The highest BCUT2D eigenvalue weighted by Crippen LogP contribution is 2.34. The van der Waals surface area contributed by atoms with Crippen molar-refractivity contribution in [2.24, 2.45) is 0 Å². The Bertz CT molecular complexity index is 1060. The van der Waals surface area contributed by atoms with Gasteiger partial charge in [0.15, 0.2) is 0 Å². The number of aryl methyl sites for hydroxylation is 3. The molecule has 0 heterocycles. The Labute approximate surface area is 162 Å². The molecule has 0 aliphatic carbocycles. The lowest BCUT2D eigenvalue weighted by Crippen LogP contribution is -1.88. The van der Waals surface area contributed by atoms with Gasteiger partial charge in [0.2, 0.25) is 0 Å². The fraction of sp³-hybridized carbons (Fsp3) is 0.111. The van der Waals surface area contributed by atoms with Crippen LogP contribution in [0.2, 0.25) is 0 Å². The fourth-order valence-electron chi connectivity index (χ4n) is 3.73. The molecule has 0 nitrogen and oxygen atoms in total. The maximum absolute atomic E-state index is 2.30. The molecule has 0 fully saturated rings. The van der Waals surface area contributed by atoms with Crippen LogP contribution in [-0.4, -0.2) is 0 Å². The third kappa shape index (κ3) is 3.71. The molecule has 0 aliphatic rings. The molecule has 0 unspecified atom stereocenters. The lowest BCUT2D eigenvalue weighted by molar-refractivity contribution is 1.38. The predicted molar refractivity (Wildman–Crippen MR) is 117 cm³/mol. The summed E-state index contributed by atoms with van der Waals surface area (Å²) in [6.07, 6.45) is 0. The van der Waals surface area contributed by atoms with Crippen LogP contribution >= 0.6 is 0 Å². The summed E-state index contributed by atoms with van der Waals surface area (Å²) in [6.45, 7) is 6.45. The highest BCUT2D eigenvalue weighted by molar-refractivity contribution is 5.85. The number of benzene rings is 4. The van der Waals surface area contributed by atoms with Crippen molar-refractivity contribution in [3.8, 4) is 33.4 Å². The summed E-state index contributed by atoms with van der Waals surface area (Å²) in [5.41, 5.74) is 11.5. The summed E-state index contributed by atoms with van der Waals surface area (Å²) in [5, 5.41) is 0. The molecule has 0 aromatic heterocycles. The Morgan fingerprint density at radius 3 is 1.63 bits per heavy atom. The van der Waals surface area contributed by atoms with Crippen molar-refractivity contribution < 1.29 is 0 Å². The minimum Gasteiger partial charge on any atom is -0.0616 e. The summed E-state index contributed by atoms with van der Waals surface area (Å²) in [5.74, 6) is 0. The summed E-state index contributed by atoms with van der Waals surface area (Å²) in [7, 11) is 0. The first kappa shape index (κ1) is 17.3. The van der Waals surface area contributed by atoms with Gasteiger partial charge in [0, 0.05) is 0 Å². The van der Waals surface area contributed by atoms with Gasteiger partial charge in [-0.05, 0) is 60.2 Å². The molecule has 0 atom stereocenters. The normalized spacial score (nSPS) is 10.8. The minimum absolute atomic E-state index is 1.25. The molecule has 0 amide bonds. The molecular formula is C27H24. The van der Waals surface area contributed by atoms with E-state index in [1.54, 1.807) is 0 Å². The second-order valence-electron chi connectivity index (χ2n) is 7.37. The fourth-order valence-corrected chi connectivity index (χ4v) is 3.73. The summed E-state index contributed by atoms with van der Waals surface area (Å²) in [4.78, 5) is 0. The van der Waals surface area contributed by atoms with Gasteiger partial charge in [0.05, 0.1) is 0 Å². The Morgan fingerprint density at radius 1 is 0.370 bits per heavy atom. The maximum atomic E-state index is 2.30. The summed E-state index contributed by atoms with van der Waals surface area (Å²) in [6, 6.07) is 33.1. The summed E-state index contributed by atoms with van der Waals surface area (Å²) < 4.78 is 0. The van der Waals surface area contributed by atoms with Gasteiger partial charge in [0.25, 0.3) is 0 Å². The van der Waals surface area contributed by atoms with Crippen LogP contribution in [0.3, 0.4) is 0 Å². The van der Waals surface area contributed by atoms with Crippen LogP contribution in [-0.2, 0) is 0 Å². The van der Waals surface area contributed by atoms with E-state index in [9.17, 15) is 0 Å². The Hall–Kier alpha value is -3.12. The molecule has 0 aliphatic heterocycles.